The lowest BCUT2D eigenvalue weighted by Crippen LogP contribution is -2.68. The third-order valence-corrected chi connectivity index (χ3v) is 3.89. The van der Waals surface area contributed by atoms with Gasteiger partial charge in [-0.05, 0) is 0 Å². The number of carbonyl (C=O) groups excluding carboxylic acids is 2. The molecule has 150 valence electrons. The number of hydrogen-bond acceptors (Lipinski definition) is 10. The Morgan fingerprint density at radius 1 is 1.35 bits per heavy atom. The van der Waals surface area contributed by atoms with Crippen molar-refractivity contribution in [1.29, 1.82) is 0 Å². The average Bonchev–Trinajstić information content (AvgIpc) is 2.59. The number of carboxylic acids is 1. The van der Waals surface area contributed by atoms with E-state index in [0.29, 0.717) is 0 Å². The van der Waals surface area contributed by atoms with E-state index in [1.54, 1.807) is 0 Å². The molecule has 0 radical (unpaired) electrons. The Kier molecular flexibility index (Phi) is 7.87. The van der Waals surface area contributed by atoms with Crippen molar-refractivity contribution in [3.63, 3.8) is 0 Å². The summed E-state index contributed by atoms with van der Waals surface area (Å²) in [5.41, 5.74) is 0. The lowest BCUT2D eigenvalue weighted by molar-refractivity contribution is -0.304. The van der Waals surface area contributed by atoms with Crippen LogP contribution in [-0.4, -0.2) is 99.9 Å². The first-order chi connectivity index (χ1) is 12.1. The molecule has 1 saturated heterocycles. The van der Waals surface area contributed by atoms with Gasteiger partial charge in [-0.2, -0.15) is 0 Å². The first kappa shape index (κ1) is 22.2. The molecule has 1 aliphatic rings. The van der Waals surface area contributed by atoms with Gasteiger partial charge >= 0.3 is 11.9 Å². The quantitative estimate of drug-likeness (QED) is 0.227. The molecule has 6 N–H and O–H groups in total. The summed E-state index contributed by atoms with van der Waals surface area (Å²) in [7, 11) is 1.01. The molecule has 0 aromatic rings. The maximum absolute atomic E-state index is 11.5. The van der Waals surface area contributed by atoms with Crippen molar-refractivity contribution in [2.75, 3.05) is 20.3 Å². The van der Waals surface area contributed by atoms with Gasteiger partial charge in [0.15, 0.2) is 0 Å². The molecule has 1 aliphatic heterocycles. The predicted molar refractivity (Wildman–Crippen MR) is 80.5 cm³/mol. The molecule has 26 heavy (non-hydrogen) atoms. The first-order valence-electron chi connectivity index (χ1n) is 7.62. The number of aliphatic hydroxyl groups is 4. The third-order valence-electron chi connectivity index (χ3n) is 3.89. The van der Waals surface area contributed by atoms with Crippen LogP contribution in [0, 0.1) is 0 Å². The van der Waals surface area contributed by atoms with Gasteiger partial charge < -0.3 is 45.1 Å². The second kappa shape index (κ2) is 9.21. The molecule has 0 aromatic heterocycles. The zero-order valence-corrected chi connectivity index (χ0v) is 14.2. The third kappa shape index (κ3) is 5.09. The lowest BCUT2D eigenvalue weighted by atomic mass is 9.88. The molecule has 12 heteroatoms. The molecular formula is C14H23NO11. The molecule has 0 saturated carbocycles. The molecule has 6 atom stereocenters. The summed E-state index contributed by atoms with van der Waals surface area (Å²) in [5.74, 6) is -5.60. The van der Waals surface area contributed by atoms with E-state index in [-0.39, 0.29) is 0 Å². The number of nitrogens with one attached hydrogen (secondary N) is 1. The van der Waals surface area contributed by atoms with Crippen LogP contribution >= 0.6 is 0 Å². The normalized spacial score (nSPS) is 30.9. The summed E-state index contributed by atoms with van der Waals surface area (Å²) in [6, 6.07) is -1.38. The van der Waals surface area contributed by atoms with Crippen molar-refractivity contribution >= 4 is 17.8 Å². The number of rotatable bonds is 8. The van der Waals surface area contributed by atoms with Crippen LogP contribution in [0.25, 0.3) is 0 Å². The van der Waals surface area contributed by atoms with E-state index in [1.807, 2.05) is 0 Å². The van der Waals surface area contributed by atoms with Gasteiger partial charge in [-0.3, -0.25) is 9.59 Å². The van der Waals surface area contributed by atoms with Crippen LogP contribution < -0.4 is 5.32 Å². The zero-order valence-electron chi connectivity index (χ0n) is 14.2. The van der Waals surface area contributed by atoms with Gasteiger partial charge in [0.25, 0.3) is 5.79 Å². The van der Waals surface area contributed by atoms with E-state index in [9.17, 15) is 34.8 Å². The number of amides is 1. The molecule has 0 aliphatic carbocycles. The number of aliphatic hydroxyl groups excluding tert-OH is 4. The van der Waals surface area contributed by atoms with E-state index in [2.05, 4.69) is 10.1 Å². The van der Waals surface area contributed by atoms with Gasteiger partial charge in [0, 0.05) is 20.5 Å². The molecule has 12 nitrogen and oxygen atoms in total. The Balaban J connectivity index is 3.11. The van der Waals surface area contributed by atoms with E-state index in [4.69, 9.17) is 14.6 Å². The second-order valence-corrected chi connectivity index (χ2v) is 5.73. The van der Waals surface area contributed by atoms with Crippen LogP contribution in [-0.2, 0) is 28.6 Å². The average molecular weight is 381 g/mol. The minimum Gasteiger partial charge on any atom is -0.477 e. The second-order valence-electron chi connectivity index (χ2n) is 5.73. The fourth-order valence-corrected chi connectivity index (χ4v) is 2.53. The van der Waals surface area contributed by atoms with Crippen molar-refractivity contribution in [1.82, 2.24) is 5.32 Å². The molecule has 0 bridgehead atoms. The number of methoxy groups -OCH3 is 1. The van der Waals surface area contributed by atoms with Gasteiger partial charge in [0.1, 0.15) is 31.5 Å². The summed E-state index contributed by atoms with van der Waals surface area (Å²) >= 11 is 0. The van der Waals surface area contributed by atoms with Crippen LogP contribution in [0.1, 0.15) is 13.3 Å². The summed E-state index contributed by atoms with van der Waals surface area (Å²) in [5, 5.41) is 50.9. The number of carboxylic acid groups (broad SMARTS) is 1. The van der Waals surface area contributed by atoms with Gasteiger partial charge in [0.05, 0.1) is 12.1 Å². The molecule has 0 aromatic carbocycles. The highest BCUT2D eigenvalue weighted by molar-refractivity contribution is 5.78. The fraction of sp³-hybridized carbons (Fsp3) is 0.786. The summed E-state index contributed by atoms with van der Waals surface area (Å²) in [4.78, 5) is 33.8. The maximum Gasteiger partial charge on any atom is 0.364 e. The smallest absolute Gasteiger partial charge is 0.364 e. The summed E-state index contributed by atoms with van der Waals surface area (Å²) in [6.45, 7) is -0.499. The SMILES string of the molecule is CO[C@@]1(C(=O)O)C[C@H](O)[C@@H](NC(=O)CO)[C@H]([C@H](O)[C@H](O)COC(C)=O)O1. The minimum absolute atomic E-state index is 0.599. The topological polar surface area (TPSA) is 192 Å². The Hall–Kier alpha value is -1.83. The Labute approximate surface area is 148 Å². The fourth-order valence-electron chi connectivity index (χ4n) is 2.53. The Bertz CT molecular complexity index is 527. The van der Waals surface area contributed by atoms with Crippen molar-refractivity contribution < 1.29 is 54.1 Å². The van der Waals surface area contributed by atoms with E-state index in [1.165, 1.54) is 0 Å². The lowest BCUT2D eigenvalue weighted by Gasteiger charge is -2.46. The highest BCUT2D eigenvalue weighted by Gasteiger charge is 2.55. The monoisotopic (exact) mass is 381 g/mol. The van der Waals surface area contributed by atoms with Crippen molar-refractivity contribution in [3.05, 3.63) is 0 Å². The van der Waals surface area contributed by atoms with Gasteiger partial charge in [-0.25, -0.2) is 4.79 Å². The van der Waals surface area contributed by atoms with Crippen molar-refractivity contribution in [3.8, 4) is 0 Å². The van der Waals surface area contributed by atoms with Crippen LogP contribution in [0.15, 0.2) is 0 Å². The molecule has 1 fully saturated rings. The number of carbonyl (C=O) groups is 3. The van der Waals surface area contributed by atoms with E-state index in [0.717, 1.165) is 14.0 Å². The van der Waals surface area contributed by atoms with E-state index >= 15 is 0 Å². The number of hydrogen-bond donors (Lipinski definition) is 6. The molecule has 1 rings (SSSR count). The number of ether oxygens (including phenoxy) is 3. The molecule has 1 amide bonds. The molecular weight excluding hydrogens is 358 g/mol. The van der Waals surface area contributed by atoms with Crippen molar-refractivity contribution in [2.24, 2.45) is 0 Å². The van der Waals surface area contributed by atoms with Crippen molar-refractivity contribution in [2.45, 2.75) is 49.6 Å². The van der Waals surface area contributed by atoms with Crippen LogP contribution in [0.3, 0.4) is 0 Å². The van der Waals surface area contributed by atoms with Gasteiger partial charge in [-0.15, -0.1) is 0 Å². The summed E-state index contributed by atoms with van der Waals surface area (Å²) in [6.07, 6.45) is -7.40. The number of aliphatic carboxylic acids is 1. The summed E-state index contributed by atoms with van der Waals surface area (Å²) < 4.78 is 14.7. The van der Waals surface area contributed by atoms with Crippen LogP contribution in [0.2, 0.25) is 0 Å². The van der Waals surface area contributed by atoms with Gasteiger partial charge in [-0.1, -0.05) is 0 Å². The Morgan fingerprint density at radius 3 is 2.42 bits per heavy atom. The molecule has 1 heterocycles. The first-order valence-corrected chi connectivity index (χ1v) is 7.62. The maximum atomic E-state index is 11.5. The zero-order chi connectivity index (χ0) is 20.1. The van der Waals surface area contributed by atoms with Gasteiger partial charge in [0.2, 0.25) is 5.91 Å². The standard InChI is InChI=1S/C14H23NO11/c1-6(17)25-5-8(19)11(21)12-10(15-9(20)4-16)7(18)3-14(24-2,26-12)13(22)23/h7-8,10-12,16,18-19,21H,3-5H2,1-2H3,(H,15,20)(H,22,23)/t7-,8+,10+,11+,12+,14-/m0/s1. The minimum atomic E-state index is -2.34. The highest BCUT2D eigenvalue weighted by atomic mass is 16.7. The van der Waals surface area contributed by atoms with Crippen LogP contribution in [0.5, 0.6) is 0 Å². The molecule has 0 unspecified atom stereocenters. The highest BCUT2D eigenvalue weighted by Crippen LogP contribution is 2.33. The molecule has 0 spiro atoms. The predicted octanol–water partition coefficient (Wildman–Crippen LogP) is -3.67. The van der Waals surface area contributed by atoms with E-state index < -0.39 is 73.7 Å². The Morgan fingerprint density at radius 2 is 1.96 bits per heavy atom. The number of esters is 1. The largest absolute Gasteiger partial charge is 0.477 e. The van der Waals surface area contributed by atoms with Crippen LogP contribution in [0.4, 0.5) is 0 Å².